The molecule has 0 aliphatic heterocycles. The van der Waals surface area contributed by atoms with E-state index in [1.165, 1.54) is 9.60 Å². The molecule has 4 nitrogen and oxygen atoms in total. The van der Waals surface area contributed by atoms with E-state index in [-0.39, 0.29) is 0 Å². The number of rotatable bonds is 5. The summed E-state index contributed by atoms with van der Waals surface area (Å²) >= 11 is 1.74. The maximum absolute atomic E-state index is 10.4. The fourth-order valence-electron chi connectivity index (χ4n) is 3.28. The van der Waals surface area contributed by atoms with Gasteiger partial charge in [0, 0.05) is 0 Å². The van der Waals surface area contributed by atoms with Crippen LogP contribution in [0.15, 0.2) is 54.6 Å². The lowest BCUT2D eigenvalue weighted by molar-refractivity contribution is -0.907. The van der Waals surface area contributed by atoms with Gasteiger partial charge in [0.1, 0.15) is 29.6 Å². The average Bonchev–Trinajstić information content (AvgIpc) is 3.05. The molecule has 1 heterocycles. The van der Waals surface area contributed by atoms with Crippen LogP contribution in [-0.4, -0.2) is 24.2 Å². The standard InChI is InChI=1S/C21H20N2O2S/c1-23(13-21-22-18-5-3-4-6-20(18)26-21)12-17-16-11-15(25-2)9-7-14(16)8-10-19(17)24/h3-11,24H,12-13H2,1-2H3/p+1. The van der Waals surface area contributed by atoms with Crippen LogP contribution in [0.1, 0.15) is 10.6 Å². The van der Waals surface area contributed by atoms with Crippen LogP contribution < -0.4 is 9.64 Å². The number of aromatic hydroxyl groups is 1. The molecule has 1 aromatic heterocycles. The number of aromatic nitrogens is 1. The number of para-hydroxylation sites is 1. The van der Waals surface area contributed by atoms with Crippen molar-refractivity contribution in [3.05, 3.63) is 65.2 Å². The number of fused-ring (bicyclic) bond motifs is 2. The predicted octanol–water partition coefficient (Wildman–Crippen LogP) is 3.38. The number of phenols is 1. The summed E-state index contributed by atoms with van der Waals surface area (Å²) in [4.78, 5) is 5.99. The maximum atomic E-state index is 10.4. The molecule has 132 valence electrons. The maximum Gasteiger partial charge on any atom is 0.148 e. The molecule has 0 aliphatic rings. The highest BCUT2D eigenvalue weighted by atomic mass is 32.1. The third kappa shape index (κ3) is 3.23. The van der Waals surface area contributed by atoms with Crippen molar-refractivity contribution in [3.8, 4) is 11.5 Å². The first-order valence-corrected chi connectivity index (χ1v) is 9.40. The Hall–Kier alpha value is -2.63. The van der Waals surface area contributed by atoms with E-state index in [0.717, 1.165) is 39.2 Å². The lowest BCUT2D eigenvalue weighted by Crippen LogP contribution is -3.06. The minimum Gasteiger partial charge on any atom is -0.507 e. The fraction of sp³-hybridized carbons (Fsp3) is 0.190. The molecule has 4 aromatic rings. The number of methoxy groups -OCH3 is 1. The Kier molecular flexibility index (Phi) is 4.49. The van der Waals surface area contributed by atoms with Crippen molar-refractivity contribution in [3.63, 3.8) is 0 Å². The Bertz CT molecular complexity index is 1040. The number of phenolic OH excluding ortho intramolecular Hbond substituents is 1. The Morgan fingerprint density at radius 1 is 1.08 bits per heavy atom. The molecule has 4 rings (SSSR count). The number of hydrogen-bond acceptors (Lipinski definition) is 4. The highest BCUT2D eigenvalue weighted by Crippen LogP contribution is 2.29. The van der Waals surface area contributed by atoms with Crippen molar-refractivity contribution in [2.24, 2.45) is 0 Å². The number of hydrogen-bond donors (Lipinski definition) is 2. The molecule has 0 saturated carbocycles. The van der Waals surface area contributed by atoms with E-state index in [9.17, 15) is 5.11 Å². The van der Waals surface area contributed by atoms with Crippen molar-refractivity contribution >= 4 is 32.3 Å². The molecule has 5 heteroatoms. The molecule has 0 radical (unpaired) electrons. The number of quaternary nitrogens is 1. The van der Waals surface area contributed by atoms with Gasteiger partial charge in [-0.05, 0) is 41.1 Å². The second kappa shape index (κ2) is 6.94. The van der Waals surface area contributed by atoms with Gasteiger partial charge in [0.2, 0.25) is 0 Å². The quantitative estimate of drug-likeness (QED) is 0.570. The normalized spacial score (nSPS) is 12.5. The molecule has 0 aliphatic carbocycles. The predicted molar refractivity (Wildman–Crippen MR) is 106 cm³/mol. The largest absolute Gasteiger partial charge is 0.507 e. The summed E-state index contributed by atoms with van der Waals surface area (Å²) < 4.78 is 6.57. The second-order valence-electron chi connectivity index (χ2n) is 6.54. The van der Waals surface area contributed by atoms with Crippen LogP contribution in [0.2, 0.25) is 0 Å². The SMILES string of the molecule is COc1ccc2ccc(O)c(C[NH+](C)Cc3nc4ccccc4s3)c2c1. The Morgan fingerprint density at radius 3 is 2.69 bits per heavy atom. The van der Waals surface area contributed by atoms with Gasteiger partial charge in [-0.3, -0.25) is 0 Å². The van der Waals surface area contributed by atoms with Gasteiger partial charge in [-0.2, -0.15) is 0 Å². The molecule has 2 N–H and O–H groups in total. The van der Waals surface area contributed by atoms with Gasteiger partial charge in [0.05, 0.1) is 29.9 Å². The van der Waals surface area contributed by atoms with Crippen LogP contribution in [0, 0.1) is 0 Å². The number of thiazole rings is 1. The van der Waals surface area contributed by atoms with E-state index >= 15 is 0 Å². The highest BCUT2D eigenvalue weighted by Gasteiger charge is 2.15. The molecule has 26 heavy (non-hydrogen) atoms. The zero-order chi connectivity index (χ0) is 18.1. The number of benzene rings is 3. The monoisotopic (exact) mass is 365 g/mol. The Balaban J connectivity index is 1.62. The molecule has 3 aromatic carbocycles. The fourth-order valence-corrected chi connectivity index (χ4v) is 4.36. The summed E-state index contributed by atoms with van der Waals surface area (Å²) in [7, 11) is 3.79. The van der Waals surface area contributed by atoms with Crippen molar-refractivity contribution in [1.82, 2.24) is 4.98 Å². The van der Waals surface area contributed by atoms with Crippen LogP contribution in [0.4, 0.5) is 0 Å². The van der Waals surface area contributed by atoms with E-state index < -0.39 is 0 Å². The van der Waals surface area contributed by atoms with Gasteiger partial charge in [-0.25, -0.2) is 4.98 Å². The molecule has 1 atom stereocenters. The zero-order valence-electron chi connectivity index (χ0n) is 14.8. The first kappa shape index (κ1) is 16.8. The summed E-state index contributed by atoms with van der Waals surface area (Å²) in [6.45, 7) is 1.53. The summed E-state index contributed by atoms with van der Waals surface area (Å²) in [6.07, 6.45) is 0. The van der Waals surface area contributed by atoms with E-state index in [1.807, 2.05) is 42.5 Å². The molecule has 0 spiro atoms. The van der Waals surface area contributed by atoms with Crippen molar-refractivity contribution in [1.29, 1.82) is 0 Å². The van der Waals surface area contributed by atoms with E-state index in [0.29, 0.717) is 12.3 Å². The summed E-state index contributed by atoms with van der Waals surface area (Å²) in [6, 6.07) is 17.9. The van der Waals surface area contributed by atoms with E-state index in [2.05, 4.69) is 13.1 Å². The van der Waals surface area contributed by atoms with Crippen LogP contribution in [0.3, 0.4) is 0 Å². The second-order valence-corrected chi connectivity index (χ2v) is 7.65. The smallest absolute Gasteiger partial charge is 0.148 e. The van der Waals surface area contributed by atoms with Crippen LogP contribution >= 0.6 is 11.3 Å². The number of nitrogens with one attached hydrogen (secondary N) is 1. The minimum atomic E-state index is 0.328. The summed E-state index contributed by atoms with van der Waals surface area (Å²) in [5, 5.41) is 13.7. The lowest BCUT2D eigenvalue weighted by Gasteiger charge is -2.16. The molecule has 0 amide bonds. The third-order valence-electron chi connectivity index (χ3n) is 4.59. The molecular weight excluding hydrogens is 344 g/mol. The first-order valence-electron chi connectivity index (χ1n) is 8.58. The van der Waals surface area contributed by atoms with Crippen LogP contribution in [-0.2, 0) is 13.1 Å². The number of ether oxygens (including phenoxy) is 1. The molecule has 0 bridgehead atoms. The summed E-state index contributed by atoms with van der Waals surface area (Å²) in [5.74, 6) is 1.13. The molecule has 0 saturated heterocycles. The van der Waals surface area contributed by atoms with Crippen LogP contribution in [0.5, 0.6) is 11.5 Å². The van der Waals surface area contributed by atoms with Gasteiger partial charge < -0.3 is 14.7 Å². The lowest BCUT2D eigenvalue weighted by atomic mass is 10.0. The van der Waals surface area contributed by atoms with E-state index in [1.54, 1.807) is 24.5 Å². The molecule has 0 fully saturated rings. The van der Waals surface area contributed by atoms with E-state index in [4.69, 9.17) is 9.72 Å². The third-order valence-corrected chi connectivity index (χ3v) is 5.62. The highest BCUT2D eigenvalue weighted by molar-refractivity contribution is 7.18. The minimum absolute atomic E-state index is 0.328. The van der Waals surface area contributed by atoms with Crippen molar-refractivity contribution in [2.45, 2.75) is 13.1 Å². The van der Waals surface area contributed by atoms with Crippen LogP contribution in [0.25, 0.3) is 21.0 Å². The van der Waals surface area contributed by atoms with Gasteiger partial charge in [0.25, 0.3) is 0 Å². The zero-order valence-corrected chi connectivity index (χ0v) is 15.6. The first-order chi connectivity index (χ1) is 12.6. The molecular formula is C21H21N2O2S+. The topological polar surface area (TPSA) is 46.8 Å². The number of nitrogens with zero attached hydrogens (tertiary/aromatic N) is 1. The Labute approximate surface area is 156 Å². The van der Waals surface area contributed by atoms with Gasteiger partial charge >= 0.3 is 0 Å². The van der Waals surface area contributed by atoms with Gasteiger partial charge in [0.15, 0.2) is 0 Å². The van der Waals surface area contributed by atoms with Crippen molar-refractivity contribution in [2.75, 3.05) is 14.2 Å². The summed E-state index contributed by atoms with van der Waals surface area (Å²) in [5.41, 5.74) is 2.00. The van der Waals surface area contributed by atoms with Gasteiger partial charge in [-0.1, -0.05) is 24.3 Å². The Morgan fingerprint density at radius 2 is 1.88 bits per heavy atom. The van der Waals surface area contributed by atoms with Crippen molar-refractivity contribution < 1.29 is 14.7 Å². The molecule has 1 unspecified atom stereocenters. The van der Waals surface area contributed by atoms with Gasteiger partial charge in [-0.15, -0.1) is 11.3 Å². The average molecular weight is 365 g/mol.